The van der Waals surface area contributed by atoms with Gasteiger partial charge in [-0.15, -0.1) is 0 Å². The summed E-state index contributed by atoms with van der Waals surface area (Å²) in [4.78, 5) is 12.5. The fourth-order valence-corrected chi connectivity index (χ4v) is 3.48. The largest absolute Gasteiger partial charge is 0.439 e. The molecular formula is C26H24FN3O2. The number of rotatable bonds is 7. The number of halogens is 1. The van der Waals surface area contributed by atoms with E-state index in [1.54, 1.807) is 16.8 Å². The van der Waals surface area contributed by atoms with Crippen LogP contribution in [0.2, 0.25) is 0 Å². The number of amides is 1. The van der Waals surface area contributed by atoms with Gasteiger partial charge in [-0.05, 0) is 62.2 Å². The summed E-state index contributed by atoms with van der Waals surface area (Å²) in [6, 6.07) is 23.6. The summed E-state index contributed by atoms with van der Waals surface area (Å²) < 4.78 is 21.9. The summed E-state index contributed by atoms with van der Waals surface area (Å²) in [6.07, 6.45) is 0.569. The molecule has 32 heavy (non-hydrogen) atoms. The van der Waals surface area contributed by atoms with Crippen molar-refractivity contribution in [3.05, 3.63) is 102 Å². The van der Waals surface area contributed by atoms with Crippen molar-refractivity contribution in [3.8, 4) is 17.3 Å². The monoisotopic (exact) mass is 429 g/mol. The third-order valence-corrected chi connectivity index (χ3v) is 5.09. The minimum atomic E-state index is -0.461. The van der Waals surface area contributed by atoms with Gasteiger partial charge in [-0.2, -0.15) is 5.10 Å². The molecule has 0 saturated heterocycles. The van der Waals surface area contributed by atoms with E-state index in [9.17, 15) is 9.18 Å². The van der Waals surface area contributed by atoms with Gasteiger partial charge >= 0.3 is 0 Å². The molecule has 0 aliphatic heterocycles. The van der Waals surface area contributed by atoms with Crippen molar-refractivity contribution in [1.82, 2.24) is 9.78 Å². The molecule has 0 fully saturated rings. The lowest BCUT2D eigenvalue weighted by molar-refractivity contribution is -0.116. The maximum atomic E-state index is 13.9. The average Bonchev–Trinajstić information content (AvgIpc) is 3.09. The highest BCUT2D eigenvalue weighted by Crippen LogP contribution is 2.32. The summed E-state index contributed by atoms with van der Waals surface area (Å²) in [5.41, 5.74) is 3.72. The molecule has 162 valence electrons. The lowest BCUT2D eigenvalue weighted by Gasteiger charge is -2.12. The Balaban J connectivity index is 1.61. The summed E-state index contributed by atoms with van der Waals surface area (Å²) in [6.45, 7) is 3.90. The van der Waals surface area contributed by atoms with E-state index < -0.39 is 5.82 Å². The number of hydrogen-bond acceptors (Lipinski definition) is 3. The second-order valence-corrected chi connectivity index (χ2v) is 7.56. The Hall–Kier alpha value is -3.93. The van der Waals surface area contributed by atoms with Gasteiger partial charge in [-0.1, -0.05) is 42.5 Å². The minimum Gasteiger partial charge on any atom is -0.439 e. The maximum Gasteiger partial charge on any atom is 0.226 e. The van der Waals surface area contributed by atoms with Crippen LogP contribution in [0.25, 0.3) is 5.69 Å². The van der Waals surface area contributed by atoms with Crippen LogP contribution < -0.4 is 10.1 Å². The van der Waals surface area contributed by atoms with Crippen molar-refractivity contribution in [2.75, 3.05) is 5.32 Å². The Bertz CT molecular complexity index is 1240. The molecule has 1 N–H and O–H groups in total. The van der Waals surface area contributed by atoms with E-state index in [0.29, 0.717) is 18.1 Å². The SMILES string of the molecule is Cc1cccc(Oc2c(CCC(=O)Nc3ccccc3F)c(C)nn2-c2ccccc2)c1. The number of nitrogens with one attached hydrogen (secondary N) is 1. The van der Waals surface area contributed by atoms with Crippen LogP contribution in [-0.2, 0) is 11.2 Å². The van der Waals surface area contributed by atoms with Crippen LogP contribution in [0, 0.1) is 19.7 Å². The normalized spacial score (nSPS) is 10.7. The van der Waals surface area contributed by atoms with Crippen LogP contribution in [0.5, 0.6) is 11.6 Å². The molecule has 4 rings (SSSR count). The molecule has 0 aliphatic carbocycles. The number of para-hydroxylation sites is 2. The van der Waals surface area contributed by atoms with Gasteiger partial charge in [0.1, 0.15) is 11.6 Å². The van der Waals surface area contributed by atoms with Gasteiger partial charge in [0.2, 0.25) is 11.8 Å². The Labute approximate surface area is 186 Å². The van der Waals surface area contributed by atoms with E-state index in [2.05, 4.69) is 10.4 Å². The van der Waals surface area contributed by atoms with Gasteiger partial charge in [0, 0.05) is 12.0 Å². The first-order valence-electron chi connectivity index (χ1n) is 10.4. The van der Waals surface area contributed by atoms with Crippen molar-refractivity contribution in [2.24, 2.45) is 0 Å². The van der Waals surface area contributed by atoms with Crippen LogP contribution in [0.1, 0.15) is 23.2 Å². The van der Waals surface area contributed by atoms with E-state index in [4.69, 9.17) is 4.74 Å². The lowest BCUT2D eigenvalue weighted by atomic mass is 10.1. The molecule has 1 aromatic heterocycles. The topological polar surface area (TPSA) is 56.1 Å². The molecule has 5 nitrogen and oxygen atoms in total. The van der Waals surface area contributed by atoms with E-state index in [1.807, 2.05) is 68.4 Å². The quantitative estimate of drug-likeness (QED) is 0.392. The van der Waals surface area contributed by atoms with Crippen molar-refractivity contribution in [2.45, 2.75) is 26.7 Å². The van der Waals surface area contributed by atoms with Crippen molar-refractivity contribution in [3.63, 3.8) is 0 Å². The van der Waals surface area contributed by atoms with Crippen LogP contribution in [0.3, 0.4) is 0 Å². The molecule has 3 aromatic carbocycles. The first-order chi connectivity index (χ1) is 15.5. The van der Waals surface area contributed by atoms with Crippen LogP contribution in [-0.4, -0.2) is 15.7 Å². The van der Waals surface area contributed by atoms with Crippen molar-refractivity contribution < 1.29 is 13.9 Å². The second-order valence-electron chi connectivity index (χ2n) is 7.56. The van der Waals surface area contributed by atoms with Gasteiger partial charge in [0.05, 0.1) is 17.1 Å². The van der Waals surface area contributed by atoms with E-state index >= 15 is 0 Å². The maximum absolute atomic E-state index is 13.9. The van der Waals surface area contributed by atoms with Gasteiger partial charge in [-0.3, -0.25) is 4.79 Å². The van der Waals surface area contributed by atoms with E-state index in [0.717, 1.165) is 22.5 Å². The van der Waals surface area contributed by atoms with Crippen molar-refractivity contribution >= 4 is 11.6 Å². The predicted octanol–water partition coefficient (Wildman–Crippen LogP) is 5.99. The third-order valence-electron chi connectivity index (χ3n) is 5.09. The highest BCUT2D eigenvalue weighted by Gasteiger charge is 2.20. The Kier molecular flexibility index (Phi) is 6.31. The molecule has 0 atom stereocenters. The number of aryl methyl sites for hydroxylation is 2. The Morgan fingerprint density at radius 2 is 1.75 bits per heavy atom. The molecule has 1 heterocycles. The first kappa shape index (κ1) is 21.3. The Morgan fingerprint density at radius 3 is 2.50 bits per heavy atom. The number of nitrogens with zero attached hydrogens (tertiary/aromatic N) is 2. The molecule has 0 saturated carbocycles. The van der Waals surface area contributed by atoms with E-state index in [1.165, 1.54) is 12.1 Å². The molecule has 0 spiro atoms. The molecule has 0 aliphatic rings. The lowest BCUT2D eigenvalue weighted by Crippen LogP contribution is -2.13. The highest BCUT2D eigenvalue weighted by atomic mass is 19.1. The smallest absolute Gasteiger partial charge is 0.226 e. The van der Waals surface area contributed by atoms with Gasteiger partial charge in [0.25, 0.3) is 0 Å². The fourth-order valence-electron chi connectivity index (χ4n) is 3.48. The van der Waals surface area contributed by atoms with Crippen LogP contribution in [0.4, 0.5) is 10.1 Å². The van der Waals surface area contributed by atoms with E-state index in [-0.39, 0.29) is 18.0 Å². The number of carbonyl (C=O) groups is 1. The number of carbonyl (C=O) groups excluding carboxylic acids is 1. The molecular weight excluding hydrogens is 405 g/mol. The second kappa shape index (κ2) is 9.47. The van der Waals surface area contributed by atoms with Gasteiger partial charge in [-0.25, -0.2) is 9.07 Å². The molecule has 0 radical (unpaired) electrons. The molecule has 1 amide bonds. The fraction of sp³-hybridized carbons (Fsp3) is 0.154. The molecule has 0 unspecified atom stereocenters. The number of aromatic nitrogens is 2. The van der Waals surface area contributed by atoms with Crippen LogP contribution in [0.15, 0.2) is 78.9 Å². The summed E-state index contributed by atoms with van der Waals surface area (Å²) in [7, 11) is 0. The third kappa shape index (κ3) is 4.86. The minimum absolute atomic E-state index is 0.167. The number of hydrogen-bond donors (Lipinski definition) is 1. The highest BCUT2D eigenvalue weighted by molar-refractivity contribution is 5.91. The summed E-state index contributed by atoms with van der Waals surface area (Å²) in [5, 5.41) is 7.31. The first-order valence-corrected chi connectivity index (χ1v) is 10.4. The average molecular weight is 429 g/mol. The predicted molar refractivity (Wildman–Crippen MR) is 123 cm³/mol. The number of benzene rings is 3. The van der Waals surface area contributed by atoms with Crippen LogP contribution >= 0.6 is 0 Å². The van der Waals surface area contributed by atoms with Crippen molar-refractivity contribution in [1.29, 1.82) is 0 Å². The summed E-state index contributed by atoms with van der Waals surface area (Å²) >= 11 is 0. The van der Waals surface area contributed by atoms with Gasteiger partial charge in [0.15, 0.2) is 0 Å². The zero-order valence-electron chi connectivity index (χ0n) is 18.0. The van der Waals surface area contributed by atoms with Gasteiger partial charge < -0.3 is 10.1 Å². The molecule has 4 aromatic rings. The zero-order chi connectivity index (χ0) is 22.5. The zero-order valence-corrected chi connectivity index (χ0v) is 18.0. The number of anilines is 1. The number of ether oxygens (including phenoxy) is 1. The standard InChI is InChI=1S/C26H24FN3O2/c1-18-9-8-12-21(17-18)32-26-22(19(2)29-30(26)20-10-4-3-5-11-20)15-16-25(31)28-24-14-7-6-13-23(24)27/h3-14,17H,15-16H2,1-2H3,(H,28,31). The Morgan fingerprint density at radius 1 is 1.00 bits per heavy atom. The molecule has 6 heteroatoms. The summed E-state index contributed by atoms with van der Waals surface area (Å²) in [5.74, 6) is 0.526. The molecule has 0 bridgehead atoms.